The summed E-state index contributed by atoms with van der Waals surface area (Å²) in [5.74, 6) is 1.65. The van der Waals surface area contributed by atoms with Crippen molar-refractivity contribution < 1.29 is 4.79 Å². The number of likely N-dealkylation sites (N-methyl/N-ethyl adjacent to an activating group) is 1. The Labute approximate surface area is 190 Å². The van der Waals surface area contributed by atoms with E-state index < -0.39 is 0 Å². The van der Waals surface area contributed by atoms with Crippen molar-refractivity contribution in [1.82, 2.24) is 15.5 Å². The number of thioether (sulfide) groups is 1. The Morgan fingerprint density at radius 1 is 1.06 bits per heavy atom. The number of anilines is 1. The fourth-order valence-corrected chi connectivity index (χ4v) is 4.20. The minimum atomic E-state index is -0.00124. The Hall–Kier alpha value is -2.67. The molecule has 1 saturated heterocycles. The molecule has 2 N–H and O–H groups in total. The first kappa shape index (κ1) is 23.0. The van der Waals surface area contributed by atoms with Crippen molar-refractivity contribution in [3.05, 3.63) is 60.7 Å². The zero-order valence-corrected chi connectivity index (χ0v) is 19.3. The van der Waals surface area contributed by atoms with Gasteiger partial charge in [-0.1, -0.05) is 36.4 Å². The van der Waals surface area contributed by atoms with E-state index >= 15 is 0 Å². The van der Waals surface area contributed by atoms with E-state index in [1.807, 2.05) is 17.8 Å². The first-order valence-electron chi connectivity index (χ1n) is 10.8. The highest BCUT2D eigenvalue weighted by Gasteiger charge is 2.20. The van der Waals surface area contributed by atoms with Crippen LogP contribution in [0.5, 0.6) is 0 Å². The van der Waals surface area contributed by atoms with Gasteiger partial charge in [0, 0.05) is 56.1 Å². The molecule has 0 radical (unpaired) electrons. The van der Waals surface area contributed by atoms with E-state index in [4.69, 9.17) is 0 Å². The number of piperidine rings is 1. The predicted octanol–water partition coefficient (Wildman–Crippen LogP) is 3.07. The summed E-state index contributed by atoms with van der Waals surface area (Å²) in [5.41, 5.74) is 1.28. The molecule has 0 aliphatic carbocycles. The van der Waals surface area contributed by atoms with Gasteiger partial charge in [-0.15, -0.1) is 11.8 Å². The number of amides is 1. The molecule has 0 saturated carbocycles. The topological polar surface area (TPSA) is 60.0 Å². The van der Waals surface area contributed by atoms with Crippen LogP contribution in [0.3, 0.4) is 0 Å². The predicted molar refractivity (Wildman–Crippen MR) is 131 cm³/mol. The van der Waals surface area contributed by atoms with Crippen molar-refractivity contribution in [3.8, 4) is 0 Å². The molecule has 7 heteroatoms. The van der Waals surface area contributed by atoms with Gasteiger partial charge in [0.2, 0.25) is 5.91 Å². The fraction of sp³-hybridized carbons (Fsp3) is 0.417. The molecule has 6 nitrogen and oxygen atoms in total. The zero-order chi connectivity index (χ0) is 21.9. The van der Waals surface area contributed by atoms with E-state index in [1.54, 1.807) is 19.0 Å². The summed E-state index contributed by atoms with van der Waals surface area (Å²) in [5, 5.41) is 6.96. The molecule has 0 atom stereocenters. The first-order valence-corrected chi connectivity index (χ1v) is 11.8. The maximum atomic E-state index is 12.0. The highest BCUT2D eigenvalue weighted by atomic mass is 32.2. The molecule has 1 aliphatic rings. The van der Waals surface area contributed by atoms with Crippen LogP contribution in [0.15, 0.2) is 70.6 Å². The third-order valence-corrected chi connectivity index (χ3v) is 6.25. The van der Waals surface area contributed by atoms with Crippen LogP contribution >= 0.6 is 11.8 Å². The smallest absolute Gasteiger partial charge is 0.243 e. The van der Waals surface area contributed by atoms with Gasteiger partial charge < -0.3 is 20.4 Å². The molecule has 0 bridgehead atoms. The highest BCUT2D eigenvalue weighted by molar-refractivity contribution is 7.99. The van der Waals surface area contributed by atoms with E-state index in [9.17, 15) is 4.79 Å². The highest BCUT2D eigenvalue weighted by Crippen LogP contribution is 2.19. The number of guanidine groups is 1. The summed E-state index contributed by atoms with van der Waals surface area (Å²) in [6, 6.07) is 21.3. The third-order valence-electron chi connectivity index (χ3n) is 5.23. The van der Waals surface area contributed by atoms with Crippen molar-refractivity contribution in [3.63, 3.8) is 0 Å². The van der Waals surface area contributed by atoms with Gasteiger partial charge in [-0.05, 0) is 37.1 Å². The van der Waals surface area contributed by atoms with Gasteiger partial charge >= 0.3 is 0 Å². The van der Waals surface area contributed by atoms with Gasteiger partial charge in [0.05, 0.1) is 0 Å². The lowest BCUT2D eigenvalue weighted by molar-refractivity contribution is -0.127. The van der Waals surface area contributed by atoms with Crippen LogP contribution in [-0.4, -0.2) is 68.8 Å². The van der Waals surface area contributed by atoms with Gasteiger partial charge in [0.25, 0.3) is 0 Å². The molecule has 166 valence electrons. The molecule has 0 unspecified atom stereocenters. The van der Waals surface area contributed by atoms with Crippen LogP contribution in [0.2, 0.25) is 0 Å². The molecular formula is C24H33N5OS. The molecular weight excluding hydrogens is 406 g/mol. The molecule has 1 amide bonds. The van der Waals surface area contributed by atoms with Crippen LogP contribution in [0.25, 0.3) is 0 Å². The molecule has 31 heavy (non-hydrogen) atoms. The molecule has 2 aromatic carbocycles. The molecule has 1 heterocycles. The summed E-state index contributed by atoms with van der Waals surface area (Å²) in [4.78, 5) is 21.8. The number of nitrogens with zero attached hydrogens (tertiary/aromatic N) is 3. The van der Waals surface area contributed by atoms with E-state index in [0.29, 0.717) is 6.04 Å². The number of hydrogen-bond acceptors (Lipinski definition) is 4. The second kappa shape index (κ2) is 12.2. The fourth-order valence-electron chi connectivity index (χ4n) is 3.41. The number of rotatable bonds is 8. The largest absolute Gasteiger partial charge is 0.371 e. The Morgan fingerprint density at radius 3 is 2.35 bits per heavy atom. The lowest BCUT2D eigenvalue weighted by atomic mass is 10.0. The molecule has 3 rings (SSSR count). The summed E-state index contributed by atoms with van der Waals surface area (Å²) >= 11 is 1.81. The molecule has 1 fully saturated rings. The van der Waals surface area contributed by atoms with Crippen molar-refractivity contribution in [2.45, 2.75) is 23.8 Å². The Kier molecular flexibility index (Phi) is 9.09. The van der Waals surface area contributed by atoms with E-state index in [-0.39, 0.29) is 12.5 Å². The molecule has 0 spiro atoms. The molecule has 0 aromatic heterocycles. The lowest BCUT2D eigenvalue weighted by Gasteiger charge is -2.34. The zero-order valence-electron chi connectivity index (χ0n) is 18.5. The first-order chi connectivity index (χ1) is 15.1. The third kappa shape index (κ3) is 7.83. The van der Waals surface area contributed by atoms with Crippen LogP contribution in [0.1, 0.15) is 12.8 Å². The maximum Gasteiger partial charge on any atom is 0.243 e. The summed E-state index contributed by atoms with van der Waals surface area (Å²) < 4.78 is 0. The van der Waals surface area contributed by atoms with E-state index in [2.05, 4.69) is 75.1 Å². The summed E-state index contributed by atoms with van der Waals surface area (Å²) in [6.45, 7) is 2.95. The Bertz CT molecular complexity index is 820. The monoisotopic (exact) mass is 439 g/mol. The minimum absolute atomic E-state index is 0.00124. The van der Waals surface area contributed by atoms with Crippen LogP contribution in [-0.2, 0) is 4.79 Å². The Balaban J connectivity index is 1.50. The van der Waals surface area contributed by atoms with Crippen LogP contribution < -0.4 is 15.5 Å². The SMILES string of the molecule is CN(C)C(=O)CN=C(NCCSc1ccccc1)NC1CCN(c2ccccc2)CC1. The standard InChI is InChI=1S/C24H33N5OS/c1-28(2)23(30)19-26-24(25-15-18-31-22-11-7-4-8-12-22)27-20-13-16-29(17-14-20)21-9-5-3-6-10-21/h3-12,20H,13-19H2,1-2H3,(H2,25,26,27). The van der Waals surface area contributed by atoms with Crippen LogP contribution in [0, 0.1) is 0 Å². The Morgan fingerprint density at radius 2 is 1.71 bits per heavy atom. The van der Waals surface area contributed by atoms with Crippen LogP contribution in [0.4, 0.5) is 5.69 Å². The quantitative estimate of drug-likeness (QED) is 0.287. The van der Waals surface area contributed by atoms with Gasteiger partial charge in [-0.3, -0.25) is 4.79 Å². The molecule has 1 aliphatic heterocycles. The van der Waals surface area contributed by atoms with Gasteiger partial charge in [0.1, 0.15) is 6.54 Å². The van der Waals surface area contributed by atoms with E-state index in [0.717, 1.165) is 44.2 Å². The van der Waals surface area contributed by atoms with E-state index in [1.165, 1.54) is 10.6 Å². The summed E-state index contributed by atoms with van der Waals surface area (Å²) in [7, 11) is 3.52. The second-order valence-electron chi connectivity index (χ2n) is 7.78. The van der Waals surface area contributed by atoms with Crippen molar-refractivity contribution in [2.24, 2.45) is 4.99 Å². The number of aliphatic imine (C=N–C) groups is 1. The maximum absolute atomic E-state index is 12.0. The van der Waals surface area contributed by atoms with Crippen molar-refractivity contribution in [1.29, 1.82) is 0 Å². The second-order valence-corrected chi connectivity index (χ2v) is 8.95. The number of nitrogens with one attached hydrogen (secondary N) is 2. The molecule has 2 aromatic rings. The number of hydrogen-bond donors (Lipinski definition) is 2. The average molecular weight is 440 g/mol. The average Bonchev–Trinajstić information content (AvgIpc) is 2.81. The van der Waals surface area contributed by atoms with Gasteiger partial charge in [0.15, 0.2) is 5.96 Å². The van der Waals surface area contributed by atoms with Gasteiger partial charge in [-0.25, -0.2) is 4.99 Å². The number of carbonyl (C=O) groups is 1. The number of benzene rings is 2. The number of carbonyl (C=O) groups excluding carboxylic acids is 1. The van der Waals surface area contributed by atoms with Crippen molar-refractivity contribution in [2.75, 3.05) is 50.9 Å². The minimum Gasteiger partial charge on any atom is -0.371 e. The summed E-state index contributed by atoms with van der Waals surface area (Å²) in [6.07, 6.45) is 2.08. The van der Waals surface area contributed by atoms with Gasteiger partial charge in [-0.2, -0.15) is 0 Å². The normalized spacial score (nSPS) is 14.9. The van der Waals surface area contributed by atoms with Crippen molar-refractivity contribution >= 4 is 29.3 Å². The number of para-hydroxylation sites is 1. The lowest BCUT2D eigenvalue weighted by Crippen LogP contribution is -2.49.